The second-order valence-electron chi connectivity index (χ2n) is 5.82. The van der Waals surface area contributed by atoms with Crippen LogP contribution in [0.3, 0.4) is 0 Å². The van der Waals surface area contributed by atoms with Crippen molar-refractivity contribution >= 4 is 5.97 Å². The highest BCUT2D eigenvalue weighted by Gasteiger charge is 2.36. The number of benzene rings is 1. The zero-order chi connectivity index (χ0) is 14.1. The summed E-state index contributed by atoms with van der Waals surface area (Å²) in [6, 6.07) is 7.52. The van der Waals surface area contributed by atoms with Crippen molar-refractivity contribution in [3.8, 4) is 6.07 Å². The molecule has 0 radical (unpaired) electrons. The monoisotopic (exact) mass is 245 g/mol. The second-order valence-corrected chi connectivity index (χ2v) is 5.82. The number of aliphatic carboxylic acids is 1. The SMILES string of the molecule is Cc1cc(C(C)(C)C)ccc1C(C)(C#N)C(=O)O. The van der Waals surface area contributed by atoms with Crippen LogP contribution in [0.25, 0.3) is 0 Å². The molecule has 1 aromatic rings. The molecule has 0 fully saturated rings. The highest BCUT2D eigenvalue weighted by molar-refractivity contribution is 5.85. The highest BCUT2D eigenvalue weighted by atomic mass is 16.4. The van der Waals surface area contributed by atoms with Gasteiger partial charge in [-0.1, -0.05) is 39.0 Å². The third-order valence-corrected chi connectivity index (χ3v) is 3.28. The molecule has 1 rings (SSSR count). The number of hydrogen-bond acceptors (Lipinski definition) is 2. The normalized spacial score (nSPS) is 14.7. The Morgan fingerprint density at radius 2 is 1.83 bits per heavy atom. The van der Waals surface area contributed by atoms with Crippen molar-refractivity contribution in [1.29, 1.82) is 5.26 Å². The molecular weight excluding hydrogens is 226 g/mol. The predicted molar refractivity (Wildman–Crippen MR) is 70.5 cm³/mol. The molecule has 96 valence electrons. The van der Waals surface area contributed by atoms with Gasteiger partial charge in [0.1, 0.15) is 0 Å². The van der Waals surface area contributed by atoms with Gasteiger partial charge < -0.3 is 5.11 Å². The number of hydrogen-bond donors (Lipinski definition) is 1. The quantitative estimate of drug-likeness (QED) is 0.870. The van der Waals surface area contributed by atoms with E-state index in [-0.39, 0.29) is 5.41 Å². The zero-order valence-corrected chi connectivity index (χ0v) is 11.5. The number of nitrogens with zero attached hydrogens (tertiary/aromatic N) is 1. The van der Waals surface area contributed by atoms with Gasteiger partial charge in [-0.3, -0.25) is 4.79 Å². The Bertz CT molecular complexity index is 520. The molecule has 0 aliphatic carbocycles. The number of aryl methyl sites for hydroxylation is 1. The van der Waals surface area contributed by atoms with E-state index >= 15 is 0 Å². The molecule has 0 aliphatic rings. The maximum Gasteiger partial charge on any atom is 0.328 e. The van der Waals surface area contributed by atoms with E-state index in [1.165, 1.54) is 6.92 Å². The largest absolute Gasteiger partial charge is 0.480 e. The maximum atomic E-state index is 11.3. The van der Waals surface area contributed by atoms with Crippen LogP contribution in [0.4, 0.5) is 0 Å². The van der Waals surface area contributed by atoms with Gasteiger partial charge in [-0.25, -0.2) is 0 Å². The Balaban J connectivity index is 3.39. The molecule has 0 aromatic heterocycles. The molecule has 1 aromatic carbocycles. The molecule has 0 aliphatic heterocycles. The minimum Gasteiger partial charge on any atom is -0.480 e. The standard InChI is InChI=1S/C15H19NO2/c1-10-8-11(14(2,3)4)6-7-12(10)15(5,9-16)13(17)18/h6-8H,1-5H3,(H,17,18). The topological polar surface area (TPSA) is 61.1 Å². The molecule has 0 saturated carbocycles. The summed E-state index contributed by atoms with van der Waals surface area (Å²) in [5.41, 5.74) is 1.06. The number of rotatable bonds is 2. The first-order chi connectivity index (χ1) is 8.13. The molecule has 0 amide bonds. The summed E-state index contributed by atoms with van der Waals surface area (Å²) in [6.45, 7) is 9.59. The average Bonchev–Trinajstić information content (AvgIpc) is 2.26. The van der Waals surface area contributed by atoms with Crippen LogP contribution in [0.2, 0.25) is 0 Å². The van der Waals surface area contributed by atoms with Gasteiger partial charge in [0.2, 0.25) is 0 Å². The Morgan fingerprint density at radius 3 is 2.17 bits per heavy atom. The van der Waals surface area contributed by atoms with Gasteiger partial charge >= 0.3 is 5.97 Å². The lowest BCUT2D eigenvalue weighted by atomic mass is 9.78. The number of carboxylic acid groups (broad SMARTS) is 1. The zero-order valence-electron chi connectivity index (χ0n) is 11.5. The van der Waals surface area contributed by atoms with Crippen molar-refractivity contribution in [3.05, 3.63) is 34.9 Å². The lowest BCUT2D eigenvalue weighted by molar-refractivity contribution is -0.141. The number of nitriles is 1. The summed E-state index contributed by atoms with van der Waals surface area (Å²) in [7, 11) is 0. The third kappa shape index (κ3) is 2.38. The molecule has 1 atom stereocenters. The van der Waals surface area contributed by atoms with Crippen molar-refractivity contribution in [2.75, 3.05) is 0 Å². The Hall–Kier alpha value is -1.82. The van der Waals surface area contributed by atoms with Crippen LogP contribution in [-0.2, 0) is 15.6 Å². The van der Waals surface area contributed by atoms with Gasteiger partial charge in [-0.15, -0.1) is 0 Å². The minimum absolute atomic E-state index is 0.00948. The maximum absolute atomic E-state index is 11.3. The van der Waals surface area contributed by atoms with Gasteiger partial charge in [0, 0.05) is 0 Å². The average molecular weight is 245 g/mol. The predicted octanol–water partition coefficient (Wildman–Crippen LogP) is 3.16. The molecule has 1 unspecified atom stereocenters. The summed E-state index contributed by atoms with van der Waals surface area (Å²) in [6.07, 6.45) is 0. The van der Waals surface area contributed by atoms with Crippen LogP contribution in [-0.4, -0.2) is 11.1 Å². The molecule has 1 N–H and O–H groups in total. The summed E-state index contributed by atoms with van der Waals surface area (Å²) >= 11 is 0. The van der Waals surface area contributed by atoms with Gasteiger partial charge in [-0.2, -0.15) is 5.26 Å². The van der Waals surface area contributed by atoms with E-state index in [0.29, 0.717) is 5.56 Å². The van der Waals surface area contributed by atoms with Crippen molar-refractivity contribution in [1.82, 2.24) is 0 Å². The molecule has 0 saturated heterocycles. The summed E-state index contributed by atoms with van der Waals surface area (Å²) in [5, 5.41) is 18.3. The van der Waals surface area contributed by atoms with Gasteiger partial charge in [-0.05, 0) is 36.0 Å². The van der Waals surface area contributed by atoms with Gasteiger partial charge in [0.05, 0.1) is 6.07 Å². The van der Waals surface area contributed by atoms with Gasteiger partial charge in [0.25, 0.3) is 0 Å². The van der Waals surface area contributed by atoms with Crippen LogP contribution in [0, 0.1) is 18.3 Å². The first kappa shape index (κ1) is 14.2. The number of carboxylic acids is 1. The molecule has 18 heavy (non-hydrogen) atoms. The fraction of sp³-hybridized carbons (Fsp3) is 0.467. The lowest BCUT2D eigenvalue weighted by Crippen LogP contribution is -2.31. The van der Waals surface area contributed by atoms with E-state index < -0.39 is 11.4 Å². The second kappa shape index (κ2) is 4.45. The first-order valence-corrected chi connectivity index (χ1v) is 5.89. The molecule has 0 spiro atoms. The van der Waals surface area contributed by atoms with Crippen LogP contribution < -0.4 is 0 Å². The Kier molecular flexibility index (Phi) is 3.52. The van der Waals surface area contributed by atoms with E-state index in [4.69, 9.17) is 5.26 Å². The first-order valence-electron chi connectivity index (χ1n) is 5.89. The molecule has 3 heteroatoms. The third-order valence-electron chi connectivity index (χ3n) is 3.28. The van der Waals surface area contributed by atoms with E-state index in [1.54, 1.807) is 6.07 Å². The van der Waals surface area contributed by atoms with Crippen molar-refractivity contribution in [2.24, 2.45) is 0 Å². The van der Waals surface area contributed by atoms with Crippen molar-refractivity contribution < 1.29 is 9.90 Å². The van der Waals surface area contributed by atoms with E-state index in [2.05, 4.69) is 20.8 Å². The fourth-order valence-electron chi connectivity index (χ4n) is 1.91. The lowest BCUT2D eigenvalue weighted by Gasteiger charge is -2.24. The van der Waals surface area contributed by atoms with E-state index in [1.807, 2.05) is 25.1 Å². The van der Waals surface area contributed by atoms with Crippen LogP contribution in [0.15, 0.2) is 18.2 Å². The fourth-order valence-corrected chi connectivity index (χ4v) is 1.91. The minimum atomic E-state index is -1.49. The molecular formula is C15H19NO2. The van der Waals surface area contributed by atoms with E-state index in [0.717, 1.165) is 11.1 Å². The van der Waals surface area contributed by atoms with Crippen LogP contribution in [0.5, 0.6) is 0 Å². The van der Waals surface area contributed by atoms with Gasteiger partial charge in [0.15, 0.2) is 5.41 Å². The molecule has 3 nitrogen and oxygen atoms in total. The Morgan fingerprint density at radius 1 is 1.28 bits per heavy atom. The molecule has 0 bridgehead atoms. The summed E-state index contributed by atoms with van der Waals surface area (Å²) in [5.74, 6) is -1.11. The highest BCUT2D eigenvalue weighted by Crippen LogP contribution is 2.30. The number of carbonyl (C=O) groups is 1. The Labute approximate surface area is 108 Å². The van der Waals surface area contributed by atoms with E-state index in [9.17, 15) is 9.90 Å². The molecule has 0 heterocycles. The summed E-state index contributed by atoms with van der Waals surface area (Å²) < 4.78 is 0. The van der Waals surface area contributed by atoms with Crippen molar-refractivity contribution in [2.45, 2.75) is 45.4 Å². The van der Waals surface area contributed by atoms with Crippen LogP contribution in [0.1, 0.15) is 44.4 Å². The summed E-state index contributed by atoms with van der Waals surface area (Å²) in [4.78, 5) is 11.3. The van der Waals surface area contributed by atoms with Crippen LogP contribution >= 0.6 is 0 Å². The van der Waals surface area contributed by atoms with Crippen molar-refractivity contribution in [3.63, 3.8) is 0 Å². The smallest absolute Gasteiger partial charge is 0.328 e.